The first-order valence-corrected chi connectivity index (χ1v) is 14.8. The summed E-state index contributed by atoms with van der Waals surface area (Å²) in [4.78, 5) is 33.9. The largest absolute Gasteiger partial charge is 0.496 e. The number of hydrogen-bond donors (Lipinski definition) is 3. The average molecular weight is 627 g/mol. The van der Waals surface area contributed by atoms with Crippen LogP contribution in [0.3, 0.4) is 0 Å². The van der Waals surface area contributed by atoms with Gasteiger partial charge in [0.1, 0.15) is 29.5 Å². The van der Waals surface area contributed by atoms with E-state index in [1.165, 1.54) is 18.2 Å². The third kappa shape index (κ3) is 11.2. The number of nitrogens with one attached hydrogen (secondary N) is 1. The minimum Gasteiger partial charge on any atom is -0.496 e. The third-order valence-corrected chi connectivity index (χ3v) is 6.63. The van der Waals surface area contributed by atoms with Crippen LogP contribution in [0.2, 0.25) is 0 Å². The lowest BCUT2D eigenvalue weighted by Crippen LogP contribution is -2.30. The molecule has 0 atom stereocenters. The maximum absolute atomic E-state index is 13.0. The Morgan fingerprint density at radius 3 is 1.93 bits per heavy atom. The van der Waals surface area contributed by atoms with Gasteiger partial charge in [0, 0.05) is 11.1 Å². The highest BCUT2D eigenvalue weighted by Gasteiger charge is 2.21. The van der Waals surface area contributed by atoms with Gasteiger partial charge in [-0.1, -0.05) is 77.1 Å². The summed E-state index contributed by atoms with van der Waals surface area (Å²) < 4.78 is 31.7. The van der Waals surface area contributed by atoms with E-state index >= 15 is 0 Å². The first-order chi connectivity index (χ1) is 21.3. The number of carbonyl (C=O) groups is 3. The van der Waals surface area contributed by atoms with E-state index in [0.717, 1.165) is 58.2 Å². The molecular weight excluding hydrogens is 578 g/mol. The van der Waals surface area contributed by atoms with Crippen molar-refractivity contribution in [1.82, 2.24) is 5.32 Å². The summed E-state index contributed by atoms with van der Waals surface area (Å²) in [7, 11) is 3.19. The zero-order valence-electron chi connectivity index (χ0n) is 28.1. The molecule has 3 rings (SSSR count). The Morgan fingerprint density at radius 2 is 1.47 bits per heavy atom. The molecule has 3 aromatic carbocycles. The number of nitrogens with two attached hydrogens (primary N) is 1. The number of aliphatic carboxylic acids is 1. The molecule has 0 aliphatic rings. The summed E-state index contributed by atoms with van der Waals surface area (Å²) in [6.45, 7) is 15.6. The van der Waals surface area contributed by atoms with Crippen molar-refractivity contribution in [2.24, 2.45) is 5.73 Å². The predicted octanol–water partition coefficient (Wildman–Crippen LogP) is 7.59. The first-order valence-electron chi connectivity index (χ1n) is 14.8. The smallest absolute Gasteiger partial charge is 0.322 e. The van der Waals surface area contributed by atoms with Crippen LogP contribution in [0, 0.1) is 18.6 Å². The summed E-state index contributed by atoms with van der Waals surface area (Å²) in [6.07, 6.45) is 0.871. The lowest BCUT2D eigenvalue weighted by molar-refractivity contribution is -0.135. The van der Waals surface area contributed by atoms with Crippen LogP contribution in [0.5, 0.6) is 5.75 Å². The summed E-state index contributed by atoms with van der Waals surface area (Å²) >= 11 is 0. The molecular formula is C36H48F2N2O5. The van der Waals surface area contributed by atoms with Crippen LogP contribution < -0.4 is 15.8 Å². The minimum atomic E-state index is -1.29. The molecule has 0 bridgehead atoms. The number of Topliss-reactive ketones (excluding diaryl/α,β-unsaturated/α-hetero) is 1. The molecule has 0 radical (unpaired) electrons. The van der Waals surface area contributed by atoms with Crippen molar-refractivity contribution >= 4 is 28.8 Å². The molecule has 0 aliphatic carbocycles. The molecule has 45 heavy (non-hydrogen) atoms. The zero-order chi connectivity index (χ0) is 34.9. The van der Waals surface area contributed by atoms with Crippen LogP contribution in [0.4, 0.5) is 8.78 Å². The number of carbonyl (C=O) groups excluding carboxylic acids is 2. The van der Waals surface area contributed by atoms with Gasteiger partial charge in [-0.05, 0) is 80.1 Å². The number of hydrogen-bond acceptors (Lipinski definition) is 5. The van der Waals surface area contributed by atoms with Crippen LogP contribution in [-0.4, -0.2) is 43.5 Å². The maximum atomic E-state index is 13.0. The molecule has 0 aliphatic heterocycles. The fraction of sp³-hybridized carbons (Fsp3) is 0.361. The molecule has 3 aromatic rings. The molecule has 0 fully saturated rings. The number of amides is 1. The molecule has 4 N–H and O–H groups in total. The number of ketones is 1. The fourth-order valence-electron chi connectivity index (χ4n) is 4.69. The van der Waals surface area contributed by atoms with Crippen LogP contribution in [0.1, 0.15) is 92.6 Å². The van der Waals surface area contributed by atoms with Gasteiger partial charge in [-0.2, -0.15) is 0 Å². The number of ether oxygens (including phenoxy) is 1. The molecule has 0 spiro atoms. The molecule has 9 heteroatoms. The summed E-state index contributed by atoms with van der Waals surface area (Å²) in [5, 5.41) is 10.1. The van der Waals surface area contributed by atoms with Crippen LogP contribution in [0.15, 0.2) is 54.6 Å². The van der Waals surface area contributed by atoms with Gasteiger partial charge in [-0.3, -0.25) is 14.4 Å². The van der Waals surface area contributed by atoms with Crippen molar-refractivity contribution < 1.29 is 33.0 Å². The van der Waals surface area contributed by atoms with Crippen molar-refractivity contribution in [3.8, 4) is 5.75 Å². The third-order valence-electron chi connectivity index (χ3n) is 6.63. The van der Waals surface area contributed by atoms with Crippen LogP contribution in [0.25, 0.3) is 11.1 Å². The minimum absolute atomic E-state index is 0.0604. The van der Waals surface area contributed by atoms with Crippen molar-refractivity contribution in [2.45, 2.75) is 67.7 Å². The number of allylic oxidation sites excluding steroid dienone is 2. The highest BCUT2D eigenvalue weighted by molar-refractivity contribution is 6.27. The Morgan fingerprint density at radius 1 is 0.911 bits per heavy atom. The number of rotatable bonds is 9. The van der Waals surface area contributed by atoms with Crippen molar-refractivity contribution in [3.63, 3.8) is 0 Å². The Kier molecular flexibility index (Phi) is 18.6. The van der Waals surface area contributed by atoms with Gasteiger partial charge < -0.3 is 20.9 Å². The Balaban J connectivity index is 0.000000866. The average Bonchev–Trinajstić information content (AvgIpc) is 3.02. The topological polar surface area (TPSA) is 119 Å². The van der Waals surface area contributed by atoms with E-state index in [1.54, 1.807) is 14.0 Å². The van der Waals surface area contributed by atoms with Gasteiger partial charge in [-0.25, -0.2) is 8.78 Å². The molecule has 7 nitrogen and oxygen atoms in total. The van der Waals surface area contributed by atoms with Gasteiger partial charge in [0.25, 0.3) is 5.91 Å². The molecule has 1 amide bonds. The number of halogens is 2. The number of methoxy groups -OCH3 is 1. The molecule has 0 heterocycles. The lowest BCUT2D eigenvalue weighted by atomic mass is 9.86. The summed E-state index contributed by atoms with van der Waals surface area (Å²) in [5.41, 5.74) is 11.1. The zero-order valence-corrected chi connectivity index (χ0v) is 28.1. The van der Waals surface area contributed by atoms with E-state index in [0.29, 0.717) is 5.92 Å². The van der Waals surface area contributed by atoms with Crippen LogP contribution in [-0.2, 0) is 16.0 Å². The van der Waals surface area contributed by atoms with Crippen molar-refractivity contribution in [1.29, 1.82) is 0 Å². The van der Waals surface area contributed by atoms with E-state index in [-0.39, 0.29) is 5.78 Å². The SMILES string of the molecule is CC.CCc1c(C)ccc(/C(C(C)=O)=C(\C)c2ccccc2C(C)C)c1OC.CN.O=C(O)CNC(=O)c1c(F)cccc1F. The second-order valence-electron chi connectivity index (χ2n) is 9.77. The molecule has 0 saturated carbocycles. The molecule has 0 saturated heterocycles. The van der Waals surface area contributed by atoms with Gasteiger partial charge in [0.2, 0.25) is 0 Å². The first kappa shape index (κ1) is 40.6. The van der Waals surface area contributed by atoms with E-state index in [2.05, 4.69) is 57.7 Å². The maximum Gasteiger partial charge on any atom is 0.322 e. The van der Waals surface area contributed by atoms with Crippen molar-refractivity contribution in [2.75, 3.05) is 20.7 Å². The summed E-state index contributed by atoms with van der Waals surface area (Å²) in [5.74, 6) is -3.17. The number of aryl methyl sites for hydroxylation is 1. The quantitative estimate of drug-likeness (QED) is 0.166. The number of carboxylic acid groups (broad SMARTS) is 1. The van der Waals surface area contributed by atoms with Gasteiger partial charge in [-0.15, -0.1) is 0 Å². The van der Waals surface area contributed by atoms with E-state index in [4.69, 9.17) is 9.84 Å². The van der Waals surface area contributed by atoms with Crippen molar-refractivity contribution in [3.05, 3.63) is 99.6 Å². The fourth-order valence-corrected chi connectivity index (χ4v) is 4.69. The van der Waals surface area contributed by atoms with E-state index < -0.39 is 35.6 Å². The Hall–Kier alpha value is -4.37. The number of benzene rings is 3. The van der Waals surface area contributed by atoms with Crippen LogP contribution >= 0.6 is 0 Å². The highest BCUT2D eigenvalue weighted by Crippen LogP contribution is 2.38. The molecule has 246 valence electrons. The summed E-state index contributed by atoms with van der Waals surface area (Å²) in [6, 6.07) is 15.4. The number of carboxylic acids is 1. The highest BCUT2D eigenvalue weighted by atomic mass is 19.1. The van der Waals surface area contributed by atoms with Gasteiger partial charge in [0.15, 0.2) is 5.78 Å². The monoisotopic (exact) mass is 626 g/mol. The van der Waals surface area contributed by atoms with Gasteiger partial charge in [0.05, 0.1) is 7.11 Å². The Labute approximate surface area is 266 Å². The van der Waals surface area contributed by atoms with E-state index in [1.807, 2.05) is 38.2 Å². The predicted molar refractivity (Wildman–Crippen MR) is 179 cm³/mol. The lowest BCUT2D eigenvalue weighted by Gasteiger charge is -2.20. The second kappa shape index (κ2) is 20.6. The normalized spacial score (nSPS) is 10.5. The second-order valence-corrected chi connectivity index (χ2v) is 9.77. The standard InChI is InChI=1S/C24H30O2.C9H7F2NO3.C2H6.CH5N/c1-8-19-16(4)13-14-22(24(19)26-7)23(18(6)25)17(5)21-12-10-9-11-20(21)15(2)3;10-5-2-1-3-6(11)8(5)9(15)12-4-7(13)14;2*1-2/h9-15H,8H2,1-7H3;1-3H,4H2,(H,12,15)(H,13,14);1-2H3;2H2,1H3/b23-17+;;;. The van der Waals surface area contributed by atoms with E-state index in [9.17, 15) is 23.2 Å². The molecule has 0 aromatic heterocycles. The molecule has 0 unspecified atom stereocenters. The Bertz CT molecular complexity index is 1450. The van der Waals surface area contributed by atoms with Gasteiger partial charge >= 0.3 is 5.97 Å².